The Morgan fingerprint density at radius 3 is 2.15 bits per heavy atom. The van der Waals surface area contributed by atoms with Crippen LogP contribution >= 0.6 is 0 Å². The molecule has 1 aliphatic heterocycles. The smallest absolute Gasteiger partial charge is 0.408 e. The fraction of sp³-hybridized carbons (Fsp3) is 0.200. The Labute approximate surface area is 189 Å². The van der Waals surface area contributed by atoms with E-state index in [9.17, 15) is 24.3 Å². The van der Waals surface area contributed by atoms with Gasteiger partial charge in [-0.2, -0.15) is 0 Å². The predicted octanol–water partition coefficient (Wildman–Crippen LogP) is 3.60. The summed E-state index contributed by atoms with van der Waals surface area (Å²) in [6.07, 6.45) is -0.624. The van der Waals surface area contributed by atoms with Crippen LogP contribution in [0, 0.1) is 0 Å². The van der Waals surface area contributed by atoms with Crippen LogP contribution in [0.15, 0.2) is 66.7 Å². The minimum atomic E-state index is -1.22. The number of alkyl carbamates (subject to hydrolysis) is 1. The third-order valence-electron chi connectivity index (χ3n) is 5.53. The van der Waals surface area contributed by atoms with E-state index in [1.54, 1.807) is 48.5 Å². The van der Waals surface area contributed by atoms with Gasteiger partial charge in [-0.15, -0.1) is 0 Å². The zero-order chi connectivity index (χ0) is 23.4. The number of amides is 3. The normalized spacial score (nSPS) is 13.6. The summed E-state index contributed by atoms with van der Waals surface area (Å²) in [4.78, 5) is 50.6. The van der Waals surface area contributed by atoms with Gasteiger partial charge in [0.15, 0.2) is 0 Å². The van der Waals surface area contributed by atoms with Crippen molar-refractivity contribution in [2.75, 3.05) is 6.54 Å². The Kier molecular flexibility index (Phi) is 6.35. The maximum Gasteiger partial charge on any atom is 0.408 e. The van der Waals surface area contributed by atoms with Crippen LogP contribution in [0.2, 0.25) is 0 Å². The number of hydrogen-bond acceptors (Lipinski definition) is 5. The van der Waals surface area contributed by atoms with Crippen molar-refractivity contribution in [1.29, 1.82) is 0 Å². The first-order chi connectivity index (χ1) is 16.0. The molecule has 0 radical (unpaired) electrons. The second kappa shape index (κ2) is 9.52. The van der Waals surface area contributed by atoms with Gasteiger partial charge in [-0.1, -0.05) is 54.6 Å². The first kappa shape index (κ1) is 22.0. The van der Waals surface area contributed by atoms with Crippen LogP contribution in [0.1, 0.15) is 39.1 Å². The average molecular weight is 446 g/mol. The van der Waals surface area contributed by atoms with E-state index in [-0.39, 0.29) is 26.0 Å². The van der Waals surface area contributed by atoms with Crippen molar-refractivity contribution in [1.82, 2.24) is 10.2 Å². The summed E-state index contributed by atoms with van der Waals surface area (Å²) in [6.45, 7) is 0.0493. The van der Waals surface area contributed by atoms with Gasteiger partial charge in [0, 0.05) is 23.1 Å². The Morgan fingerprint density at radius 2 is 1.55 bits per heavy atom. The molecule has 168 valence electrons. The topological polar surface area (TPSA) is 113 Å². The summed E-state index contributed by atoms with van der Waals surface area (Å²) in [6, 6.07) is 18.4. The molecular weight excluding hydrogens is 424 g/mol. The van der Waals surface area contributed by atoms with Gasteiger partial charge >= 0.3 is 12.1 Å². The van der Waals surface area contributed by atoms with E-state index in [0.29, 0.717) is 16.5 Å². The van der Waals surface area contributed by atoms with E-state index in [0.717, 1.165) is 15.8 Å². The molecule has 0 spiro atoms. The number of carbonyl (C=O) groups excluding carboxylic acids is 3. The van der Waals surface area contributed by atoms with Gasteiger partial charge in [-0.25, -0.2) is 9.59 Å². The van der Waals surface area contributed by atoms with E-state index in [1.165, 1.54) is 0 Å². The van der Waals surface area contributed by atoms with Crippen LogP contribution in [-0.2, 0) is 16.1 Å². The molecule has 0 saturated heterocycles. The summed E-state index contributed by atoms with van der Waals surface area (Å²) in [5, 5.41) is 13.2. The van der Waals surface area contributed by atoms with Crippen LogP contribution in [0.4, 0.5) is 4.79 Å². The summed E-state index contributed by atoms with van der Waals surface area (Å²) in [7, 11) is 0. The van der Waals surface area contributed by atoms with Crippen molar-refractivity contribution < 1.29 is 29.0 Å². The minimum absolute atomic E-state index is 0.0146. The number of aliphatic carboxylic acids is 1. The van der Waals surface area contributed by atoms with Gasteiger partial charge in [0.2, 0.25) is 0 Å². The molecule has 1 atom stereocenters. The predicted molar refractivity (Wildman–Crippen MR) is 120 cm³/mol. The lowest BCUT2D eigenvalue weighted by Crippen LogP contribution is -2.43. The Bertz CT molecular complexity index is 1170. The molecule has 3 aromatic rings. The van der Waals surface area contributed by atoms with Crippen LogP contribution in [0.5, 0.6) is 0 Å². The first-order valence-electron chi connectivity index (χ1n) is 10.5. The molecule has 0 saturated carbocycles. The van der Waals surface area contributed by atoms with Gasteiger partial charge in [0.1, 0.15) is 12.6 Å². The molecule has 3 aromatic carbocycles. The lowest BCUT2D eigenvalue weighted by molar-refractivity contribution is -0.139. The molecule has 0 aliphatic carbocycles. The molecule has 8 nitrogen and oxygen atoms in total. The van der Waals surface area contributed by atoms with Crippen molar-refractivity contribution in [2.45, 2.75) is 25.5 Å². The third kappa shape index (κ3) is 4.69. The number of benzene rings is 3. The number of hydrogen-bond donors (Lipinski definition) is 2. The number of carboxylic acids is 1. The lowest BCUT2D eigenvalue weighted by atomic mass is 9.94. The number of carbonyl (C=O) groups is 4. The van der Waals surface area contributed by atoms with E-state index < -0.39 is 29.9 Å². The van der Waals surface area contributed by atoms with Crippen molar-refractivity contribution in [3.8, 4) is 0 Å². The van der Waals surface area contributed by atoms with Gasteiger partial charge < -0.3 is 15.2 Å². The van der Waals surface area contributed by atoms with Crippen LogP contribution in [0.3, 0.4) is 0 Å². The number of rotatable bonds is 8. The molecule has 0 unspecified atom stereocenters. The van der Waals surface area contributed by atoms with Gasteiger partial charge in [0.25, 0.3) is 11.8 Å². The summed E-state index contributed by atoms with van der Waals surface area (Å²) >= 11 is 0. The second-order valence-electron chi connectivity index (χ2n) is 7.71. The molecule has 33 heavy (non-hydrogen) atoms. The summed E-state index contributed by atoms with van der Waals surface area (Å²) in [5.41, 5.74) is 1.66. The van der Waals surface area contributed by atoms with Gasteiger partial charge in [-0.05, 0) is 35.9 Å². The van der Waals surface area contributed by atoms with E-state index >= 15 is 0 Å². The van der Waals surface area contributed by atoms with Crippen LogP contribution in [0.25, 0.3) is 10.8 Å². The molecule has 8 heteroatoms. The quantitative estimate of drug-likeness (QED) is 0.511. The molecule has 0 aromatic heterocycles. The number of nitrogens with zero attached hydrogens (tertiary/aromatic N) is 1. The first-order valence-corrected chi connectivity index (χ1v) is 10.5. The van der Waals surface area contributed by atoms with E-state index in [4.69, 9.17) is 4.74 Å². The maximum atomic E-state index is 12.9. The second-order valence-corrected chi connectivity index (χ2v) is 7.71. The van der Waals surface area contributed by atoms with Crippen LogP contribution < -0.4 is 5.32 Å². The van der Waals surface area contributed by atoms with Crippen molar-refractivity contribution in [3.63, 3.8) is 0 Å². The van der Waals surface area contributed by atoms with Gasteiger partial charge in [-0.3, -0.25) is 14.5 Å². The SMILES string of the molecule is O=C(N[C@@H](CCCN1C(=O)c2cccc3cccc(c23)C1=O)C(=O)O)OCc1ccccc1. The number of ether oxygens (including phenoxy) is 1. The molecule has 3 amide bonds. The molecule has 1 aliphatic rings. The average Bonchev–Trinajstić information content (AvgIpc) is 2.83. The highest BCUT2D eigenvalue weighted by atomic mass is 16.5. The summed E-state index contributed by atoms with van der Waals surface area (Å²) in [5.74, 6) is -2.05. The van der Waals surface area contributed by atoms with Crippen molar-refractivity contribution >= 4 is 34.6 Å². The zero-order valence-corrected chi connectivity index (χ0v) is 17.7. The highest BCUT2D eigenvalue weighted by Crippen LogP contribution is 2.30. The fourth-order valence-electron chi connectivity index (χ4n) is 3.90. The van der Waals surface area contributed by atoms with Crippen molar-refractivity contribution in [2.24, 2.45) is 0 Å². The standard InChI is InChI=1S/C25H22N2O6/c28-22-18-11-4-9-17-10-5-12-19(21(17)18)23(29)27(22)14-6-13-20(24(30)31)26-25(32)33-15-16-7-2-1-3-8-16/h1-5,7-12,20H,6,13-15H2,(H,26,32)(H,30,31)/t20-/m0/s1. The number of nitrogens with one attached hydrogen (secondary N) is 1. The van der Waals surface area contributed by atoms with Crippen LogP contribution in [-0.4, -0.2) is 46.5 Å². The number of imide groups is 1. The maximum absolute atomic E-state index is 12.9. The Hall–Kier alpha value is -4.20. The minimum Gasteiger partial charge on any atom is -0.480 e. The molecule has 4 rings (SSSR count). The molecule has 0 fully saturated rings. The Morgan fingerprint density at radius 1 is 0.909 bits per heavy atom. The largest absolute Gasteiger partial charge is 0.480 e. The van der Waals surface area contributed by atoms with E-state index in [1.807, 2.05) is 18.2 Å². The Balaban J connectivity index is 1.36. The number of carboxylic acid groups (broad SMARTS) is 1. The summed E-state index contributed by atoms with van der Waals surface area (Å²) < 4.78 is 5.08. The zero-order valence-electron chi connectivity index (χ0n) is 17.7. The fourth-order valence-corrected chi connectivity index (χ4v) is 3.90. The highest BCUT2D eigenvalue weighted by Gasteiger charge is 2.32. The highest BCUT2D eigenvalue weighted by molar-refractivity contribution is 6.25. The van der Waals surface area contributed by atoms with Gasteiger partial charge in [0.05, 0.1) is 0 Å². The third-order valence-corrected chi connectivity index (χ3v) is 5.53. The van der Waals surface area contributed by atoms with Crippen molar-refractivity contribution in [3.05, 3.63) is 83.4 Å². The molecule has 1 heterocycles. The molecular formula is C25H22N2O6. The van der Waals surface area contributed by atoms with E-state index in [2.05, 4.69) is 5.32 Å². The molecule has 2 N–H and O–H groups in total. The lowest BCUT2D eigenvalue weighted by Gasteiger charge is -2.27. The molecule has 0 bridgehead atoms. The monoisotopic (exact) mass is 446 g/mol.